The van der Waals surface area contributed by atoms with E-state index in [1.165, 1.54) is 16.4 Å². The van der Waals surface area contributed by atoms with Crippen molar-refractivity contribution in [2.45, 2.75) is 32.0 Å². The van der Waals surface area contributed by atoms with Gasteiger partial charge in [-0.3, -0.25) is 4.79 Å². The number of carbonyl (C=O) groups is 1. The maximum absolute atomic E-state index is 11.9. The molecule has 0 aliphatic carbocycles. The third-order valence-electron chi connectivity index (χ3n) is 3.55. The molecule has 0 saturated heterocycles. The number of carbonyl (C=O) groups excluding carboxylic acids is 1. The number of nitrogens with zero attached hydrogens (tertiary/aromatic N) is 3. The van der Waals surface area contributed by atoms with Crippen LogP contribution in [0, 0.1) is 5.92 Å². The standard InChI is InChI=1S/C15H19Cl2N5OS/c1-8(2)9(3)19-13(23)7-24-15-21-20-14(22(15)18)11-6-10(16)4-5-12(11)17/h4-6,8-9H,7,18H2,1-3H3,(H,19,23)/t9-/m1/s1. The number of nitrogen functional groups attached to an aromatic ring is 1. The van der Waals surface area contributed by atoms with Gasteiger partial charge in [0.05, 0.1) is 10.8 Å². The Labute approximate surface area is 155 Å². The smallest absolute Gasteiger partial charge is 0.230 e. The molecule has 24 heavy (non-hydrogen) atoms. The lowest BCUT2D eigenvalue weighted by Crippen LogP contribution is -2.37. The molecular formula is C15H19Cl2N5OS. The zero-order chi connectivity index (χ0) is 17.9. The van der Waals surface area contributed by atoms with Gasteiger partial charge in [-0.25, -0.2) is 4.68 Å². The molecule has 0 aliphatic heterocycles. The molecule has 130 valence electrons. The molecule has 0 aliphatic rings. The molecule has 1 atom stereocenters. The van der Waals surface area contributed by atoms with Gasteiger partial charge in [-0.1, -0.05) is 48.8 Å². The van der Waals surface area contributed by atoms with Crippen molar-refractivity contribution >= 4 is 40.9 Å². The van der Waals surface area contributed by atoms with Crippen LogP contribution in [-0.4, -0.2) is 32.6 Å². The molecule has 1 heterocycles. The van der Waals surface area contributed by atoms with Crippen molar-refractivity contribution in [2.75, 3.05) is 11.6 Å². The van der Waals surface area contributed by atoms with Crippen molar-refractivity contribution in [3.05, 3.63) is 28.2 Å². The number of halogens is 2. The second-order valence-electron chi connectivity index (χ2n) is 5.69. The summed E-state index contributed by atoms with van der Waals surface area (Å²) in [7, 11) is 0. The fraction of sp³-hybridized carbons (Fsp3) is 0.400. The highest BCUT2D eigenvalue weighted by Gasteiger charge is 2.17. The maximum atomic E-state index is 11.9. The highest BCUT2D eigenvalue weighted by molar-refractivity contribution is 7.99. The number of thioether (sulfide) groups is 1. The van der Waals surface area contributed by atoms with Gasteiger partial charge in [0, 0.05) is 16.6 Å². The van der Waals surface area contributed by atoms with Crippen LogP contribution in [0.1, 0.15) is 20.8 Å². The molecule has 0 unspecified atom stereocenters. The predicted octanol–water partition coefficient (Wildman–Crippen LogP) is 3.22. The molecule has 0 radical (unpaired) electrons. The van der Waals surface area contributed by atoms with E-state index in [1.54, 1.807) is 18.2 Å². The molecule has 3 N–H and O–H groups in total. The number of nitrogens with one attached hydrogen (secondary N) is 1. The Morgan fingerprint density at radius 1 is 1.33 bits per heavy atom. The van der Waals surface area contributed by atoms with Crippen molar-refractivity contribution in [1.29, 1.82) is 0 Å². The van der Waals surface area contributed by atoms with Crippen LogP contribution >= 0.6 is 35.0 Å². The van der Waals surface area contributed by atoms with Crippen LogP contribution in [0.15, 0.2) is 23.4 Å². The van der Waals surface area contributed by atoms with Crippen LogP contribution in [0.2, 0.25) is 10.0 Å². The first-order valence-corrected chi connectivity index (χ1v) is 9.11. The third-order valence-corrected chi connectivity index (χ3v) is 5.06. The van der Waals surface area contributed by atoms with Crippen LogP contribution in [-0.2, 0) is 4.79 Å². The van der Waals surface area contributed by atoms with Crippen LogP contribution in [0.5, 0.6) is 0 Å². The lowest BCUT2D eigenvalue weighted by molar-refractivity contribution is -0.119. The predicted molar refractivity (Wildman–Crippen MR) is 98.8 cm³/mol. The van der Waals surface area contributed by atoms with Gasteiger partial charge >= 0.3 is 0 Å². The van der Waals surface area contributed by atoms with E-state index in [-0.39, 0.29) is 17.7 Å². The minimum Gasteiger partial charge on any atom is -0.353 e. The summed E-state index contributed by atoms with van der Waals surface area (Å²) in [6.45, 7) is 6.07. The Kier molecular flexibility index (Phi) is 6.37. The third kappa shape index (κ3) is 4.55. The Hall–Kier alpha value is -1.44. The van der Waals surface area contributed by atoms with E-state index in [9.17, 15) is 4.79 Å². The van der Waals surface area contributed by atoms with Gasteiger partial charge in [-0.15, -0.1) is 10.2 Å². The van der Waals surface area contributed by atoms with E-state index in [2.05, 4.69) is 29.4 Å². The van der Waals surface area contributed by atoms with Crippen molar-refractivity contribution in [3.8, 4) is 11.4 Å². The number of hydrogen-bond acceptors (Lipinski definition) is 5. The minimum absolute atomic E-state index is 0.0773. The summed E-state index contributed by atoms with van der Waals surface area (Å²) in [6, 6.07) is 5.12. The van der Waals surface area contributed by atoms with Gasteiger partial charge in [-0.2, -0.15) is 0 Å². The quantitative estimate of drug-likeness (QED) is 0.586. The molecule has 2 rings (SSSR count). The zero-order valence-electron chi connectivity index (χ0n) is 13.6. The van der Waals surface area contributed by atoms with E-state index in [4.69, 9.17) is 29.0 Å². The lowest BCUT2D eigenvalue weighted by Gasteiger charge is -2.17. The molecule has 9 heteroatoms. The van der Waals surface area contributed by atoms with E-state index in [1.807, 2.05) is 6.92 Å². The number of hydrogen-bond donors (Lipinski definition) is 2. The van der Waals surface area contributed by atoms with Crippen LogP contribution in [0.4, 0.5) is 0 Å². The molecule has 2 aromatic rings. The van der Waals surface area contributed by atoms with Gasteiger partial charge in [0.15, 0.2) is 5.82 Å². The highest BCUT2D eigenvalue weighted by atomic mass is 35.5. The van der Waals surface area contributed by atoms with E-state index >= 15 is 0 Å². The molecule has 0 spiro atoms. The number of nitrogens with two attached hydrogens (primary N) is 1. The number of amides is 1. The molecule has 6 nitrogen and oxygen atoms in total. The first-order valence-electron chi connectivity index (χ1n) is 7.37. The number of benzene rings is 1. The SMILES string of the molecule is CC(C)[C@@H](C)NC(=O)CSc1nnc(-c2cc(Cl)ccc2Cl)n1N. The summed E-state index contributed by atoms with van der Waals surface area (Å²) < 4.78 is 1.31. The average Bonchev–Trinajstić information content (AvgIpc) is 2.88. The summed E-state index contributed by atoms with van der Waals surface area (Å²) in [5, 5.41) is 12.4. The fourth-order valence-corrected chi connectivity index (χ4v) is 2.86. The lowest BCUT2D eigenvalue weighted by atomic mass is 10.1. The molecule has 1 aromatic heterocycles. The Morgan fingerprint density at radius 2 is 2.04 bits per heavy atom. The van der Waals surface area contributed by atoms with Gasteiger partial charge in [0.2, 0.25) is 11.1 Å². The highest BCUT2D eigenvalue weighted by Crippen LogP contribution is 2.30. The largest absolute Gasteiger partial charge is 0.353 e. The van der Waals surface area contributed by atoms with Gasteiger partial charge in [-0.05, 0) is 31.0 Å². The molecular weight excluding hydrogens is 369 g/mol. The fourth-order valence-electron chi connectivity index (χ4n) is 1.82. The van der Waals surface area contributed by atoms with Gasteiger partial charge in [0.25, 0.3) is 0 Å². The monoisotopic (exact) mass is 387 g/mol. The summed E-state index contributed by atoms with van der Waals surface area (Å²) in [4.78, 5) is 11.9. The first kappa shape index (κ1) is 18.9. The number of rotatable bonds is 6. The normalized spacial score (nSPS) is 12.4. The second-order valence-corrected chi connectivity index (χ2v) is 7.48. The van der Waals surface area contributed by atoms with Crippen molar-refractivity contribution in [2.24, 2.45) is 5.92 Å². The Morgan fingerprint density at radius 3 is 2.71 bits per heavy atom. The summed E-state index contributed by atoms with van der Waals surface area (Å²) in [6.07, 6.45) is 0. The summed E-state index contributed by atoms with van der Waals surface area (Å²) in [5.74, 6) is 6.91. The maximum Gasteiger partial charge on any atom is 0.230 e. The van der Waals surface area contributed by atoms with E-state index < -0.39 is 0 Å². The van der Waals surface area contributed by atoms with Gasteiger partial charge in [0.1, 0.15) is 0 Å². The molecule has 0 bridgehead atoms. The van der Waals surface area contributed by atoms with E-state index in [0.717, 1.165) is 0 Å². The van der Waals surface area contributed by atoms with Crippen molar-refractivity contribution in [1.82, 2.24) is 20.2 Å². The first-order chi connectivity index (χ1) is 11.3. The number of aromatic nitrogens is 3. The van der Waals surface area contributed by atoms with Gasteiger partial charge < -0.3 is 11.2 Å². The minimum atomic E-state index is -0.0773. The van der Waals surface area contributed by atoms with Crippen molar-refractivity contribution in [3.63, 3.8) is 0 Å². The summed E-state index contributed by atoms with van der Waals surface area (Å²) >= 11 is 13.4. The van der Waals surface area contributed by atoms with Crippen LogP contribution in [0.3, 0.4) is 0 Å². The van der Waals surface area contributed by atoms with Crippen LogP contribution in [0.25, 0.3) is 11.4 Å². The molecule has 0 saturated carbocycles. The Balaban J connectivity index is 2.08. The average molecular weight is 388 g/mol. The molecule has 0 fully saturated rings. The second kappa shape index (κ2) is 8.09. The van der Waals surface area contributed by atoms with Crippen LogP contribution < -0.4 is 11.2 Å². The molecule has 1 amide bonds. The zero-order valence-corrected chi connectivity index (χ0v) is 15.9. The van der Waals surface area contributed by atoms with E-state index in [0.29, 0.717) is 32.5 Å². The topological polar surface area (TPSA) is 85.8 Å². The molecule has 1 aromatic carbocycles. The summed E-state index contributed by atoms with van der Waals surface area (Å²) in [5.41, 5.74) is 0.587. The Bertz CT molecular complexity index is 735. The van der Waals surface area contributed by atoms with Crippen molar-refractivity contribution < 1.29 is 4.79 Å².